The molecule has 1 aliphatic carbocycles. The highest BCUT2D eigenvalue weighted by molar-refractivity contribution is 6.27. The molecule has 1 heterocycles. The number of hydrogen-bond donors (Lipinski definition) is 0. The maximum absolute atomic E-state index is 13.0. The SMILES string of the molecule is O=C1c2ccccc2-c2ccc(N3CCCCC3)c3cccc1c23. The molecule has 0 amide bonds. The van der Waals surface area contributed by atoms with Gasteiger partial charge in [-0.3, -0.25) is 4.79 Å². The Balaban J connectivity index is 1.82. The second-order valence-corrected chi connectivity index (χ2v) is 6.78. The lowest BCUT2D eigenvalue weighted by Gasteiger charge is -2.31. The number of anilines is 1. The Labute approximate surface area is 141 Å². The quantitative estimate of drug-likeness (QED) is 0.490. The number of carbonyl (C=O) groups excluding carboxylic acids is 1. The zero-order chi connectivity index (χ0) is 16.1. The Kier molecular flexibility index (Phi) is 2.99. The van der Waals surface area contributed by atoms with Crippen molar-refractivity contribution >= 4 is 22.2 Å². The molecule has 1 saturated heterocycles. The Morgan fingerprint density at radius 1 is 0.667 bits per heavy atom. The molecule has 24 heavy (non-hydrogen) atoms. The van der Waals surface area contributed by atoms with Gasteiger partial charge in [0.1, 0.15) is 0 Å². The number of carbonyl (C=O) groups is 1. The summed E-state index contributed by atoms with van der Waals surface area (Å²) in [6.45, 7) is 2.23. The van der Waals surface area contributed by atoms with Crippen molar-refractivity contribution in [2.75, 3.05) is 18.0 Å². The summed E-state index contributed by atoms with van der Waals surface area (Å²) in [5.41, 5.74) is 5.21. The highest BCUT2D eigenvalue weighted by Crippen LogP contribution is 2.42. The number of rotatable bonds is 1. The molecule has 2 aliphatic rings. The van der Waals surface area contributed by atoms with E-state index in [1.807, 2.05) is 30.3 Å². The molecule has 3 aromatic rings. The zero-order valence-electron chi connectivity index (χ0n) is 13.6. The fourth-order valence-corrected chi connectivity index (χ4v) is 4.28. The van der Waals surface area contributed by atoms with Crippen LogP contribution in [0.5, 0.6) is 0 Å². The molecule has 0 atom stereocenters. The molecule has 0 unspecified atom stereocenters. The van der Waals surface area contributed by atoms with E-state index < -0.39 is 0 Å². The first-order chi connectivity index (χ1) is 11.8. The van der Waals surface area contributed by atoms with E-state index in [9.17, 15) is 4.79 Å². The lowest BCUT2D eigenvalue weighted by molar-refractivity contribution is 0.104. The molecule has 0 spiro atoms. The summed E-state index contributed by atoms with van der Waals surface area (Å²) in [5, 5.41) is 2.35. The van der Waals surface area contributed by atoms with Crippen LogP contribution in [0.4, 0.5) is 5.69 Å². The fourth-order valence-electron chi connectivity index (χ4n) is 4.28. The van der Waals surface area contributed by atoms with E-state index >= 15 is 0 Å². The Morgan fingerprint density at radius 3 is 2.25 bits per heavy atom. The van der Waals surface area contributed by atoms with Crippen molar-refractivity contribution in [2.45, 2.75) is 19.3 Å². The molecular weight excluding hydrogens is 294 g/mol. The summed E-state index contributed by atoms with van der Waals surface area (Å²) in [6, 6.07) is 18.6. The van der Waals surface area contributed by atoms with Crippen LogP contribution < -0.4 is 4.90 Å². The molecule has 0 radical (unpaired) electrons. The molecule has 0 bridgehead atoms. The number of hydrogen-bond acceptors (Lipinski definition) is 2. The van der Waals surface area contributed by atoms with Crippen molar-refractivity contribution in [1.29, 1.82) is 0 Å². The van der Waals surface area contributed by atoms with Crippen molar-refractivity contribution in [3.05, 3.63) is 65.7 Å². The van der Waals surface area contributed by atoms with Crippen LogP contribution in [0.25, 0.3) is 21.9 Å². The largest absolute Gasteiger partial charge is 0.371 e. The van der Waals surface area contributed by atoms with Gasteiger partial charge in [-0.05, 0) is 36.5 Å². The van der Waals surface area contributed by atoms with E-state index in [4.69, 9.17) is 0 Å². The Bertz CT molecular complexity index is 967. The van der Waals surface area contributed by atoms with Crippen LogP contribution in [0.2, 0.25) is 0 Å². The van der Waals surface area contributed by atoms with Gasteiger partial charge in [0.25, 0.3) is 0 Å². The third-order valence-corrected chi connectivity index (χ3v) is 5.42. The maximum Gasteiger partial charge on any atom is 0.194 e. The smallest absolute Gasteiger partial charge is 0.194 e. The Hall–Kier alpha value is -2.61. The van der Waals surface area contributed by atoms with Gasteiger partial charge in [-0.25, -0.2) is 0 Å². The van der Waals surface area contributed by atoms with Crippen LogP contribution in [-0.4, -0.2) is 18.9 Å². The van der Waals surface area contributed by atoms with E-state index in [0.717, 1.165) is 35.2 Å². The van der Waals surface area contributed by atoms with Crippen LogP contribution in [0.3, 0.4) is 0 Å². The summed E-state index contributed by atoms with van der Waals surface area (Å²) in [6.07, 6.45) is 3.83. The van der Waals surface area contributed by atoms with E-state index in [-0.39, 0.29) is 5.78 Å². The summed E-state index contributed by atoms with van der Waals surface area (Å²) < 4.78 is 0. The van der Waals surface area contributed by atoms with E-state index in [1.165, 1.54) is 35.9 Å². The molecule has 5 rings (SSSR count). The van der Waals surface area contributed by atoms with Crippen LogP contribution >= 0.6 is 0 Å². The number of benzene rings is 3. The average molecular weight is 313 g/mol. The normalized spacial score (nSPS) is 16.3. The fraction of sp³-hybridized carbons (Fsp3) is 0.227. The molecule has 118 valence electrons. The van der Waals surface area contributed by atoms with Crippen LogP contribution in [0.15, 0.2) is 54.6 Å². The minimum atomic E-state index is 0.152. The summed E-state index contributed by atoms with van der Waals surface area (Å²) in [4.78, 5) is 15.5. The van der Waals surface area contributed by atoms with Gasteiger partial charge in [-0.15, -0.1) is 0 Å². The maximum atomic E-state index is 13.0. The topological polar surface area (TPSA) is 20.3 Å². The highest BCUT2D eigenvalue weighted by atomic mass is 16.1. The number of nitrogens with zero attached hydrogens (tertiary/aromatic N) is 1. The molecule has 0 N–H and O–H groups in total. The minimum absolute atomic E-state index is 0.152. The third kappa shape index (κ3) is 1.86. The van der Waals surface area contributed by atoms with E-state index in [0.29, 0.717) is 0 Å². The predicted octanol–water partition coefficient (Wildman–Crippen LogP) is 5.04. The van der Waals surface area contributed by atoms with Crippen molar-refractivity contribution in [1.82, 2.24) is 0 Å². The molecule has 1 fully saturated rings. The zero-order valence-corrected chi connectivity index (χ0v) is 13.6. The molecule has 2 nitrogen and oxygen atoms in total. The first-order valence-corrected chi connectivity index (χ1v) is 8.79. The van der Waals surface area contributed by atoms with Crippen molar-refractivity contribution in [3.63, 3.8) is 0 Å². The molecule has 0 saturated carbocycles. The van der Waals surface area contributed by atoms with Gasteiger partial charge in [-0.2, -0.15) is 0 Å². The molecule has 0 aromatic heterocycles. The molecule has 3 aromatic carbocycles. The number of piperidine rings is 1. The van der Waals surface area contributed by atoms with Gasteiger partial charge in [-0.1, -0.05) is 48.5 Å². The minimum Gasteiger partial charge on any atom is -0.371 e. The van der Waals surface area contributed by atoms with E-state index in [1.54, 1.807) is 0 Å². The lowest BCUT2D eigenvalue weighted by Crippen LogP contribution is -2.29. The molecule has 2 heteroatoms. The van der Waals surface area contributed by atoms with Gasteiger partial charge in [0.15, 0.2) is 5.78 Å². The average Bonchev–Trinajstić information content (AvgIpc) is 2.66. The predicted molar refractivity (Wildman–Crippen MR) is 98.9 cm³/mol. The van der Waals surface area contributed by atoms with Gasteiger partial charge in [0.2, 0.25) is 0 Å². The van der Waals surface area contributed by atoms with Gasteiger partial charge in [0.05, 0.1) is 0 Å². The van der Waals surface area contributed by atoms with Crippen LogP contribution in [0, 0.1) is 0 Å². The third-order valence-electron chi connectivity index (χ3n) is 5.42. The summed E-state index contributed by atoms with van der Waals surface area (Å²) in [7, 11) is 0. The molecule has 1 aliphatic heterocycles. The summed E-state index contributed by atoms with van der Waals surface area (Å²) in [5.74, 6) is 0.152. The standard InChI is InChI=1S/C22H19NO/c24-22-17-8-3-2-7-15(17)16-11-12-20(23-13-4-1-5-14-23)18-9-6-10-19(22)21(16)18/h2-3,6-12H,1,4-5,13-14H2. The lowest BCUT2D eigenvalue weighted by atomic mass is 9.82. The van der Waals surface area contributed by atoms with Crippen LogP contribution in [-0.2, 0) is 0 Å². The number of fused-ring (bicyclic) bond motifs is 2. The van der Waals surface area contributed by atoms with E-state index in [2.05, 4.69) is 29.2 Å². The van der Waals surface area contributed by atoms with Crippen molar-refractivity contribution < 1.29 is 4.79 Å². The number of ketones is 1. The van der Waals surface area contributed by atoms with Gasteiger partial charge < -0.3 is 4.90 Å². The Morgan fingerprint density at radius 2 is 1.42 bits per heavy atom. The van der Waals surface area contributed by atoms with Gasteiger partial charge in [0, 0.05) is 40.7 Å². The van der Waals surface area contributed by atoms with Crippen LogP contribution in [0.1, 0.15) is 35.2 Å². The summed E-state index contributed by atoms with van der Waals surface area (Å²) >= 11 is 0. The van der Waals surface area contributed by atoms with Crippen molar-refractivity contribution in [3.8, 4) is 11.1 Å². The first kappa shape index (κ1) is 13.8. The monoisotopic (exact) mass is 313 g/mol. The molecular formula is C22H19NO. The highest BCUT2D eigenvalue weighted by Gasteiger charge is 2.26. The second-order valence-electron chi connectivity index (χ2n) is 6.78. The first-order valence-electron chi connectivity index (χ1n) is 8.79. The van der Waals surface area contributed by atoms with Gasteiger partial charge >= 0.3 is 0 Å². The second kappa shape index (κ2) is 5.20. The van der Waals surface area contributed by atoms with Crippen molar-refractivity contribution in [2.24, 2.45) is 0 Å².